The minimum Gasteiger partial charge on any atom is -0.436 e. The number of hydrogen-bond donors (Lipinski definition) is 0. The lowest BCUT2D eigenvalue weighted by Crippen LogP contribution is -1.97. The Bertz CT molecular complexity index is 1920. The van der Waals surface area contributed by atoms with Gasteiger partial charge in [-0.05, 0) is 58.7 Å². The molecule has 0 N–H and O–H groups in total. The maximum Gasteiger partial charge on any atom is 0.227 e. The lowest BCUT2D eigenvalue weighted by Gasteiger charge is -2.00. The fourth-order valence-corrected chi connectivity index (χ4v) is 4.64. The molecular formula is C35H24N4O. The third-order valence-corrected chi connectivity index (χ3v) is 6.81. The van der Waals surface area contributed by atoms with Crippen LogP contribution in [0.5, 0.6) is 0 Å². The van der Waals surface area contributed by atoms with Gasteiger partial charge in [-0.15, -0.1) is 5.10 Å². The van der Waals surface area contributed by atoms with Gasteiger partial charge in [0.1, 0.15) is 11.2 Å². The van der Waals surface area contributed by atoms with Crippen molar-refractivity contribution in [3.63, 3.8) is 0 Å². The molecule has 5 nitrogen and oxygen atoms in total. The first kappa shape index (κ1) is 23.6. The first-order valence-electron chi connectivity index (χ1n) is 13.1. The van der Waals surface area contributed by atoms with Crippen LogP contribution < -0.4 is 0 Å². The Morgan fingerprint density at radius 1 is 0.575 bits per heavy atom. The van der Waals surface area contributed by atoms with Crippen LogP contribution in [0.2, 0.25) is 0 Å². The normalized spacial score (nSPS) is 11.4. The fourth-order valence-electron chi connectivity index (χ4n) is 4.64. The van der Waals surface area contributed by atoms with Crippen LogP contribution in [0, 0.1) is 0 Å². The second-order valence-corrected chi connectivity index (χ2v) is 9.50. The van der Waals surface area contributed by atoms with E-state index in [-0.39, 0.29) is 0 Å². The Morgan fingerprint density at radius 2 is 1.20 bits per heavy atom. The highest BCUT2D eigenvalue weighted by molar-refractivity contribution is 5.82. The quantitative estimate of drug-likeness (QED) is 0.208. The van der Waals surface area contributed by atoms with Crippen molar-refractivity contribution in [1.82, 2.24) is 20.0 Å². The zero-order valence-electron chi connectivity index (χ0n) is 21.6. The van der Waals surface area contributed by atoms with Crippen molar-refractivity contribution >= 4 is 23.3 Å². The van der Waals surface area contributed by atoms with E-state index in [2.05, 4.69) is 83.0 Å². The summed E-state index contributed by atoms with van der Waals surface area (Å²) in [6, 6.07) is 42.9. The van der Waals surface area contributed by atoms with E-state index >= 15 is 0 Å². The largest absolute Gasteiger partial charge is 0.436 e. The van der Waals surface area contributed by atoms with Gasteiger partial charge in [0, 0.05) is 11.1 Å². The van der Waals surface area contributed by atoms with Gasteiger partial charge in [-0.1, -0.05) is 103 Å². The summed E-state index contributed by atoms with van der Waals surface area (Å²) < 4.78 is 6.05. The summed E-state index contributed by atoms with van der Waals surface area (Å²) in [5.74, 6) is 0.621. The van der Waals surface area contributed by atoms with Crippen LogP contribution in [0.1, 0.15) is 11.1 Å². The van der Waals surface area contributed by atoms with Gasteiger partial charge in [0.15, 0.2) is 5.58 Å². The Morgan fingerprint density at radius 3 is 1.90 bits per heavy atom. The highest BCUT2D eigenvalue weighted by Crippen LogP contribution is 2.29. The van der Waals surface area contributed by atoms with Gasteiger partial charge in [-0.2, -0.15) is 9.90 Å². The van der Waals surface area contributed by atoms with Gasteiger partial charge >= 0.3 is 0 Å². The Balaban J connectivity index is 1.04. The molecule has 5 heteroatoms. The highest BCUT2D eigenvalue weighted by Gasteiger charge is 2.10. The van der Waals surface area contributed by atoms with E-state index in [1.165, 1.54) is 0 Å². The van der Waals surface area contributed by atoms with E-state index in [1.807, 2.05) is 66.7 Å². The highest BCUT2D eigenvalue weighted by atomic mass is 16.3. The van der Waals surface area contributed by atoms with Crippen LogP contribution >= 0.6 is 0 Å². The minimum absolute atomic E-state index is 0.621. The molecule has 0 unspecified atom stereocenters. The maximum atomic E-state index is 6.05. The van der Waals surface area contributed by atoms with Gasteiger partial charge in [-0.25, -0.2) is 4.98 Å². The molecule has 0 bridgehead atoms. The molecule has 5 aromatic carbocycles. The summed E-state index contributed by atoms with van der Waals surface area (Å²) in [7, 11) is 0. The number of hydrogen-bond acceptors (Lipinski definition) is 4. The predicted molar refractivity (Wildman–Crippen MR) is 161 cm³/mol. The van der Waals surface area contributed by atoms with Gasteiger partial charge < -0.3 is 4.42 Å². The number of para-hydroxylation sites is 1. The molecule has 0 saturated carbocycles. The molecule has 0 atom stereocenters. The number of aromatic nitrogens is 4. The van der Waals surface area contributed by atoms with Gasteiger partial charge in [-0.3, -0.25) is 0 Å². The Labute approximate surface area is 231 Å². The molecular weight excluding hydrogens is 492 g/mol. The van der Waals surface area contributed by atoms with Crippen LogP contribution in [0.25, 0.3) is 62.8 Å². The molecule has 40 heavy (non-hydrogen) atoms. The van der Waals surface area contributed by atoms with Crippen LogP contribution in [0.4, 0.5) is 0 Å². The average molecular weight is 517 g/mol. The summed E-state index contributed by atoms with van der Waals surface area (Å²) in [6.45, 7) is 0. The van der Waals surface area contributed by atoms with E-state index in [0.717, 1.165) is 55.9 Å². The van der Waals surface area contributed by atoms with Gasteiger partial charge in [0.25, 0.3) is 0 Å². The van der Waals surface area contributed by atoms with Crippen molar-refractivity contribution in [2.45, 2.75) is 0 Å². The fraction of sp³-hybridized carbons (Fsp3) is 0. The van der Waals surface area contributed by atoms with E-state index in [4.69, 9.17) is 9.40 Å². The van der Waals surface area contributed by atoms with E-state index in [0.29, 0.717) is 5.89 Å². The first-order valence-corrected chi connectivity index (χ1v) is 13.1. The summed E-state index contributed by atoms with van der Waals surface area (Å²) >= 11 is 0. The van der Waals surface area contributed by atoms with Crippen LogP contribution in [-0.4, -0.2) is 20.0 Å². The molecule has 7 aromatic rings. The third kappa shape index (κ3) is 4.84. The van der Waals surface area contributed by atoms with Crippen molar-refractivity contribution in [2.75, 3.05) is 0 Å². The van der Waals surface area contributed by atoms with E-state index in [9.17, 15) is 0 Å². The minimum atomic E-state index is 0.621. The van der Waals surface area contributed by atoms with Crippen molar-refractivity contribution in [1.29, 1.82) is 0 Å². The zero-order chi connectivity index (χ0) is 26.7. The lowest BCUT2D eigenvalue weighted by atomic mass is 10.1. The molecule has 2 aromatic heterocycles. The number of rotatable bonds is 6. The summed E-state index contributed by atoms with van der Waals surface area (Å²) in [4.78, 5) is 6.40. The van der Waals surface area contributed by atoms with Crippen LogP contribution in [-0.2, 0) is 0 Å². The molecule has 0 amide bonds. The lowest BCUT2D eigenvalue weighted by molar-refractivity contribution is 0.620. The molecule has 0 aliphatic rings. The average Bonchev–Trinajstić information content (AvgIpc) is 3.69. The second-order valence-electron chi connectivity index (χ2n) is 9.50. The molecule has 0 aliphatic heterocycles. The smallest absolute Gasteiger partial charge is 0.227 e. The topological polar surface area (TPSA) is 56.7 Å². The summed E-state index contributed by atoms with van der Waals surface area (Å²) in [5, 5.41) is 9.01. The molecule has 0 saturated heterocycles. The molecule has 2 heterocycles. The maximum absolute atomic E-state index is 6.05. The van der Waals surface area contributed by atoms with Crippen molar-refractivity contribution in [3.8, 4) is 39.5 Å². The number of benzene rings is 5. The SMILES string of the molecule is C(=C\c1ccc(-c2nc3cc(-c4ccccc4)ccc3o2)cc1)/c1ccc(-c2cnn(-c3ccccc3)n2)cc1. The van der Waals surface area contributed by atoms with Gasteiger partial charge in [0.2, 0.25) is 5.89 Å². The van der Waals surface area contributed by atoms with Crippen molar-refractivity contribution in [2.24, 2.45) is 0 Å². The molecule has 0 fully saturated rings. The second kappa shape index (κ2) is 10.3. The molecule has 0 aliphatic carbocycles. The number of fused-ring (bicyclic) bond motifs is 1. The van der Waals surface area contributed by atoms with Crippen molar-refractivity contribution in [3.05, 3.63) is 145 Å². The first-order chi connectivity index (χ1) is 19.8. The van der Waals surface area contributed by atoms with Crippen LogP contribution in [0.15, 0.2) is 138 Å². The summed E-state index contributed by atoms with van der Waals surface area (Å²) in [5.41, 5.74) is 9.88. The standard InChI is InChI=1S/C35H24N4O/c1-3-7-27(8-4-1)30-21-22-34-32(23-30)37-35(40-34)29-19-15-26(16-20-29)12-11-25-13-17-28(18-14-25)33-24-36-39(38-33)31-9-5-2-6-10-31/h1-24H/b12-11+. The molecule has 0 spiro atoms. The monoisotopic (exact) mass is 516 g/mol. The van der Waals surface area contributed by atoms with E-state index < -0.39 is 0 Å². The Hall–Kier alpha value is -5.55. The number of oxazole rings is 1. The van der Waals surface area contributed by atoms with E-state index in [1.54, 1.807) is 11.0 Å². The number of nitrogens with zero attached hydrogens (tertiary/aromatic N) is 4. The van der Waals surface area contributed by atoms with Crippen molar-refractivity contribution < 1.29 is 4.42 Å². The Kier molecular flexibility index (Phi) is 6.07. The molecule has 0 radical (unpaired) electrons. The molecule has 190 valence electrons. The van der Waals surface area contributed by atoms with Crippen LogP contribution in [0.3, 0.4) is 0 Å². The van der Waals surface area contributed by atoms with Gasteiger partial charge in [0.05, 0.1) is 11.9 Å². The third-order valence-electron chi connectivity index (χ3n) is 6.81. The molecule has 7 rings (SSSR count). The predicted octanol–water partition coefficient (Wildman–Crippen LogP) is 8.58. The summed E-state index contributed by atoms with van der Waals surface area (Å²) in [6.07, 6.45) is 5.99. The zero-order valence-corrected chi connectivity index (χ0v) is 21.6.